The molecule has 1 aromatic rings. The highest BCUT2D eigenvalue weighted by Gasteiger charge is 1.91. The molecule has 1 aromatic heterocycles. The summed E-state index contributed by atoms with van der Waals surface area (Å²) >= 11 is 0. The van der Waals surface area contributed by atoms with Gasteiger partial charge in [-0.25, -0.2) is 4.98 Å². The van der Waals surface area contributed by atoms with E-state index in [-0.39, 0.29) is 0 Å². The summed E-state index contributed by atoms with van der Waals surface area (Å²) in [6.07, 6.45) is 6.54. The summed E-state index contributed by atoms with van der Waals surface area (Å²) in [7, 11) is 0. The molecule has 12 heavy (non-hydrogen) atoms. The molecule has 0 unspecified atom stereocenters. The first-order valence-electron chi connectivity index (χ1n) is 3.40. The van der Waals surface area contributed by atoms with Gasteiger partial charge in [-0.1, -0.05) is 5.92 Å². The van der Waals surface area contributed by atoms with Gasteiger partial charge in [-0.2, -0.15) is 5.26 Å². The second-order valence-electron chi connectivity index (χ2n) is 2.10. The number of rotatable bonds is 2. The van der Waals surface area contributed by atoms with Crippen LogP contribution in [0.2, 0.25) is 0 Å². The van der Waals surface area contributed by atoms with Gasteiger partial charge in [0.15, 0.2) is 0 Å². The molecule has 1 heterocycles. The highest BCUT2D eigenvalue weighted by Crippen LogP contribution is 2.02. The lowest BCUT2D eigenvalue weighted by Gasteiger charge is -1.98. The number of hydrogen-bond acceptors (Lipinski definition) is 3. The van der Waals surface area contributed by atoms with Crippen LogP contribution < -0.4 is 5.32 Å². The van der Waals surface area contributed by atoms with Crippen molar-refractivity contribution in [3.8, 4) is 18.4 Å². The van der Waals surface area contributed by atoms with Crippen LogP contribution in [0.1, 0.15) is 5.56 Å². The molecule has 0 aliphatic rings. The zero-order valence-corrected chi connectivity index (χ0v) is 6.41. The fourth-order valence-corrected chi connectivity index (χ4v) is 0.706. The average Bonchev–Trinajstić information content (AvgIpc) is 2.15. The van der Waals surface area contributed by atoms with E-state index in [4.69, 9.17) is 11.7 Å². The van der Waals surface area contributed by atoms with Gasteiger partial charge >= 0.3 is 0 Å². The van der Waals surface area contributed by atoms with Crippen LogP contribution in [-0.4, -0.2) is 11.5 Å². The molecule has 0 radical (unpaired) electrons. The number of anilines is 1. The fourth-order valence-electron chi connectivity index (χ4n) is 0.706. The van der Waals surface area contributed by atoms with Crippen LogP contribution in [0.4, 0.5) is 5.82 Å². The first-order valence-corrected chi connectivity index (χ1v) is 3.40. The first kappa shape index (κ1) is 8.10. The Balaban J connectivity index is 2.68. The van der Waals surface area contributed by atoms with Crippen molar-refractivity contribution in [1.82, 2.24) is 4.98 Å². The van der Waals surface area contributed by atoms with Crippen molar-refractivity contribution in [3.63, 3.8) is 0 Å². The van der Waals surface area contributed by atoms with E-state index in [1.807, 2.05) is 6.07 Å². The molecule has 3 nitrogen and oxygen atoms in total. The zero-order chi connectivity index (χ0) is 8.81. The minimum atomic E-state index is 0.443. The predicted molar refractivity (Wildman–Crippen MR) is 46.3 cm³/mol. The van der Waals surface area contributed by atoms with E-state index in [0.29, 0.717) is 17.9 Å². The lowest BCUT2D eigenvalue weighted by molar-refractivity contribution is 1.23. The molecule has 0 aromatic carbocycles. The van der Waals surface area contributed by atoms with Crippen LogP contribution in [-0.2, 0) is 0 Å². The van der Waals surface area contributed by atoms with Gasteiger partial charge in [-0.15, -0.1) is 6.42 Å². The summed E-state index contributed by atoms with van der Waals surface area (Å²) in [4.78, 5) is 3.96. The molecule has 0 saturated heterocycles. The van der Waals surface area contributed by atoms with E-state index in [1.54, 1.807) is 12.1 Å². The third kappa shape index (κ3) is 2.00. The summed E-state index contributed by atoms with van der Waals surface area (Å²) in [5.41, 5.74) is 0.543. The summed E-state index contributed by atoms with van der Waals surface area (Å²) in [5, 5.41) is 11.4. The molecule has 3 heteroatoms. The third-order valence-corrected chi connectivity index (χ3v) is 1.26. The van der Waals surface area contributed by atoms with Crippen molar-refractivity contribution in [3.05, 3.63) is 23.9 Å². The number of terminal acetylenes is 1. The third-order valence-electron chi connectivity index (χ3n) is 1.26. The van der Waals surface area contributed by atoms with Gasteiger partial charge in [0.2, 0.25) is 0 Å². The molecule has 0 amide bonds. The molecule has 1 N–H and O–H groups in total. The minimum Gasteiger partial charge on any atom is -0.359 e. The Morgan fingerprint density at radius 1 is 1.58 bits per heavy atom. The predicted octanol–water partition coefficient (Wildman–Crippen LogP) is 0.998. The largest absolute Gasteiger partial charge is 0.359 e. The van der Waals surface area contributed by atoms with Gasteiger partial charge in [0.05, 0.1) is 12.1 Å². The average molecular weight is 157 g/mol. The van der Waals surface area contributed by atoms with Crippen LogP contribution in [0.3, 0.4) is 0 Å². The molecular formula is C9H7N3. The summed E-state index contributed by atoms with van der Waals surface area (Å²) in [5.74, 6) is 3.12. The van der Waals surface area contributed by atoms with E-state index < -0.39 is 0 Å². The summed E-state index contributed by atoms with van der Waals surface area (Å²) in [6, 6.07) is 5.38. The molecular weight excluding hydrogens is 150 g/mol. The minimum absolute atomic E-state index is 0.443. The van der Waals surface area contributed by atoms with Crippen molar-refractivity contribution >= 4 is 5.82 Å². The lowest BCUT2D eigenvalue weighted by Crippen LogP contribution is -1.99. The van der Waals surface area contributed by atoms with E-state index in [1.165, 1.54) is 6.20 Å². The van der Waals surface area contributed by atoms with Crippen LogP contribution >= 0.6 is 0 Å². The molecule has 0 aliphatic heterocycles. The Kier molecular flexibility index (Phi) is 2.70. The van der Waals surface area contributed by atoms with E-state index in [9.17, 15) is 0 Å². The Bertz CT molecular complexity index is 326. The monoisotopic (exact) mass is 157 g/mol. The van der Waals surface area contributed by atoms with Crippen molar-refractivity contribution in [2.75, 3.05) is 11.9 Å². The number of hydrogen-bond donors (Lipinski definition) is 1. The van der Waals surface area contributed by atoms with Gasteiger partial charge in [0.25, 0.3) is 0 Å². The maximum absolute atomic E-state index is 8.46. The smallest absolute Gasteiger partial charge is 0.126 e. The summed E-state index contributed by atoms with van der Waals surface area (Å²) in [6.45, 7) is 0.443. The number of pyridine rings is 1. The lowest BCUT2D eigenvalue weighted by atomic mass is 10.3. The van der Waals surface area contributed by atoms with Crippen LogP contribution in [0.5, 0.6) is 0 Å². The van der Waals surface area contributed by atoms with Crippen LogP contribution in [0.15, 0.2) is 18.3 Å². The molecule has 0 atom stereocenters. The van der Waals surface area contributed by atoms with E-state index in [2.05, 4.69) is 16.2 Å². The Morgan fingerprint density at radius 3 is 2.92 bits per heavy atom. The second-order valence-corrected chi connectivity index (χ2v) is 2.10. The van der Waals surface area contributed by atoms with Crippen molar-refractivity contribution in [1.29, 1.82) is 5.26 Å². The van der Waals surface area contributed by atoms with E-state index >= 15 is 0 Å². The molecule has 0 spiro atoms. The highest BCUT2D eigenvalue weighted by atomic mass is 15.0. The Morgan fingerprint density at radius 2 is 2.42 bits per heavy atom. The number of nitriles is 1. The van der Waals surface area contributed by atoms with Crippen LogP contribution in [0.25, 0.3) is 0 Å². The quantitative estimate of drug-likeness (QED) is 0.651. The van der Waals surface area contributed by atoms with Gasteiger partial charge in [-0.05, 0) is 12.1 Å². The van der Waals surface area contributed by atoms with Gasteiger partial charge < -0.3 is 5.32 Å². The maximum Gasteiger partial charge on any atom is 0.126 e. The molecule has 0 bridgehead atoms. The number of nitrogens with zero attached hydrogens (tertiary/aromatic N) is 2. The number of nitrogens with one attached hydrogen (secondary N) is 1. The summed E-state index contributed by atoms with van der Waals surface area (Å²) < 4.78 is 0. The van der Waals surface area contributed by atoms with Gasteiger partial charge in [-0.3, -0.25) is 0 Å². The first-order chi connectivity index (χ1) is 5.86. The van der Waals surface area contributed by atoms with Crippen molar-refractivity contribution < 1.29 is 0 Å². The normalized spacial score (nSPS) is 8.17. The Labute approximate surface area is 71.1 Å². The highest BCUT2D eigenvalue weighted by molar-refractivity contribution is 5.39. The van der Waals surface area contributed by atoms with Gasteiger partial charge in [0.1, 0.15) is 11.9 Å². The topological polar surface area (TPSA) is 48.7 Å². The van der Waals surface area contributed by atoms with Gasteiger partial charge in [0, 0.05) is 6.20 Å². The maximum atomic E-state index is 8.46. The van der Waals surface area contributed by atoms with E-state index in [0.717, 1.165) is 0 Å². The molecule has 58 valence electrons. The van der Waals surface area contributed by atoms with Crippen LogP contribution in [0, 0.1) is 23.7 Å². The Hall–Kier alpha value is -2.00. The molecule has 0 aliphatic carbocycles. The standard InChI is InChI=1S/C9H7N3/c1-2-5-11-9-4-3-8(6-10)7-12-9/h1,3-4,7H,5H2,(H,11,12). The van der Waals surface area contributed by atoms with Crippen molar-refractivity contribution in [2.45, 2.75) is 0 Å². The number of aromatic nitrogens is 1. The molecule has 0 saturated carbocycles. The molecule has 1 rings (SSSR count). The SMILES string of the molecule is C#CCNc1ccc(C#N)cn1. The fraction of sp³-hybridized carbons (Fsp3) is 0.111. The zero-order valence-electron chi connectivity index (χ0n) is 6.41. The molecule has 0 fully saturated rings. The second kappa shape index (κ2) is 4.00. The van der Waals surface area contributed by atoms with Crippen molar-refractivity contribution in [2.24, 2.45) is 0 Å².